The Morgan fingerprint density at radius 2 is 1.95 bits per heavy atom. The molecule has 0 spiro atoms. The largest absolute Gasteiger partial charge is 0.324 e. The zero-order valence-corrected chi connectivity index (χ0v) is 11.2. The van der Waals surface area contributed by atoms with Gasteiger partial charge in [0.15, 0.2) is 0 Å². The van der Waals surface area contributed by atoms with Gasteiger partial charge >= 0.3 is 0 Å². The maximum Gasteiger partial charge on any atom is 0.229 e. The van der Waals surface area contributed by atoms with Crippen LogP contribution in [0.25, 0.3) is 0 Å². The number of imide groups is 1. The second-order valence-corrected chi connectivity index (χ2v) is 4.80. The van der Waals surface area contributed by atoms with Gasteiger partial charge in [0.05, 0.1) is 5.69 Å². The quantitative estimate of drug-likeness (QED) is 0.864. The van der Waals surface area contributed by atoms with E-state index in [1.54, 1.807) is 0 Å². The number of benzene rings is 1. The number of carbonyl (C=O) groups excluding carboxylic acids is 3. The SMILES string of the molecule is O=C(CCN1C(=O)CCC1=O)Nc1ccc(Cl)cc1F. The first-order valence-corrected chi connectivity index (χ1v) is 6.43. The van der Waals surface area contributed by atoms with Gasteiger partial charge in [-0.05, 0) is 18.2 Å². The molecule has 0 aromatic heterocycles. The fraction of sp³-hybridized carbons (Fsp3) is 0.308. The third kappa shape index (κ3) is 3.33. The smallest absolute Gasteiger partial charge is 0.229 e. The van der Waals surface area contributed by atoms with Gasteiger partial charge in [-0.2, -0.15) is 0 Å². The van der Waals surface area contributed by atoms with Crippen molar-refractivity contribution in [2.75, 3.05) is 11.9 Å². The molecule has 1 aliphatic rings. The second kappa shape index (κ2) is 6.00. The van der Waals surface area contributed by atoms with Crippen LogP contribution in [0.1, 0.15) is 19.3 Å². The van der Waals surface area contributed by atoms with Gasteiger partial charge in [-0.1, -0.05) is 11.6 Å². The molecule has 0 saturated carbocycles. The Hall–Kier alpha value is -1.95. The van der Waals surface area contributed by atoms with E-state index in [1.807, 2.05) is 0 Å². The fourth-order valence-electron chi connectivity index (χ4n) is 1.89. The zero-order valence-electron chi connectivity index (χ0n) is 10.5. The Bertz CT molecular complexity index is 561. The minimum atomic E-state index is -0.640. The summed E-state index contributed by atoms with van der Waals surface area (Å²) >= 11 is 5.60. The van der Waals surface area contributed by atoms with E-state index in [0.29, 0.717) is 0 Å². The van der Waals surface area contributed by atoms with E-state index >= 15 is 0 Å². The minimum absolute atomic E-state index is 0.0125. The van der Waals surface area contributed by atoms with Gasteiger partial charge in [-0.25, -0.2) is 4.39 Å². The lowest BCUT2D eigenvalue weighted by Crippen LogP contribution is -2.32. The van der Waals surface area contributed by atoms with E-state index in [1.165, 1.54) is 12.1 Å². The summed E-state index contributed by atoms with van der Waals surface area (Å²) in [4.78, 5) is 35.4. The third-order valence-corrected chi connectivity index (χ3v) is 3.16. The predicted molar refractivity (Wildman–Crippen MR) is 70.6 cm³/mol. The van der Waals surface area contributed by atoms with Crippen molar-refractivity contribution in [1.82, 2.24) is 4.90 Å². The fourth-order valence-corrected chi connectivity index (χ4v) is 2.05. The molecular weight excluding hydrogens is 287 g/mol. The van der Waals surface area contributed by atoms with Crippen LogP contribution >= 0.6 is 11.6 Å². The summed E-state index contributed by atoms with van der Waals surface area (Å²) < 4.78 is 13.5. The average molecular weight is 299 g/mol. The predicted octanol–water partition coefficient (Wildman–Crippen LogP) is 1.96. The molecule has 1 aliphatic heterocycles. The monoisotopic (exact) mass is 298 g/mol. The van der Waals surface area contributed by atoms with E-state index in [2.05, 4.69) is 5.32 Å². The number of rotatable bonds is 4. The summed E-state index contributed by atoms with van der Waals surface area (Å²) in [6.45, 7) is 0.0126. The van der Waals surface area contributed by atoms with Crippen LogP contribution in [0, 0.1) is 5.82 Å². The van der Waals surface area contributed by atoms with E-state index in [-0.39, 0.29) is 48.3 Å². The molecule has 1 heterocycles. The van der Waals surface area contributed by atoms with Gasteiger partial charge in [0.1, 0.15) is 5.82 Å². The van der Waals surface area contributed by atoms with E-state index < -0.39 is 11.7 Å². The van der Waals surface area contributed by atoms with Gasteiger partial charge < -0.3 is 5.32 Å². The Balaban J connectivity index is 1.89. The van der Waals surface area contributed by atoms with Gasteiger partial charge in [0.2, 0.25) is 17.7 Å². The normalized spacial score (nSPS) is 14.8. The molecule has 1 N–H and O–H groups in total. The van der Waals surface area contributed by atoms with Crippen LogP contribution in [0.5, 0.6) is 0 Å². The molecule has 20 heavy (non-hydrogen) atoms. The van der Waals surface area contributed by atoms with Crippen LogP contribution in [0.3, 0.4) is 0 Å². The number of carbonyl (C=O) groups is 3. The van der Waals surface area contributed by atoms with Crippen LogP contribution in [0.15, 0.2) is 18.2 Å². The molecule has 1 fully saturated rings. The summed E-state index contributed by atoms with van der Waals surface area (Å²) in [6, 6.07) is 3.89. The number of anilines is 1. The van der Waals surface area contributed by atoms with Gasteiger partial charge in [0, 0.05) is 30.8 Å². The number of amides is 3. The molecule has 0 atom stereocenters. The average Bonchev–Trinajstić information content (AvgIpc) is 2.70. The number of hydrogen-bond acceptors (Lipinski definition) is 3. The molecule has 7 heteroatoms. The van der Waals surface area contributed by atoms with Gasteiger partial charge in [-0.15, -0.1) is 0 Å². The van der Waals surface area contributed by atoms with Crippen molar-refractivity contribution >= 4 is 35.0 Å². The second-order valence-electron chi connectivity index (χ2n) is 4.36. The lowest BCUT2D eigenvalue weighted by molar-refractivity contribution is -0.138. The van der Waals surface area contributed by atoms with Crippen LogP contribution in [-0.2, 0) is 14.4 Å². The molecule has 3 amide bonds. The molecular formula is C13H12ClFN2O3. The highest BCUT2D eigenvalue weighted by Gasteiger charge is 2.28. The van der Waals surface area contributed by atoms with Crippen LogP contribution < -0.4 is 5.32 Å². The first kappa shape index (κ1) is 14.5. The molecule has 0 aliphatic carbocycles. The third-order valence-electron chi connectivity index (χ3n) is 2.92. The maximum atomic E-state index is 13.5. The highest BCUT2D eigenvalue weighted by Crippen LogP contribution is 2.19. The number of likely N-dealkylation sites (tertiary alicyclic amines) is 1. The van der Waals surface area contributed by atoms with Gasteiger partial charge in [-0.3, -0.25) is 19.3 Å². The molecule has 1 aromatic rings. The topological polar surface area (TPSA) is 66.5 Å². The maximum absolute atomic E-state index is 13.5. The van der Waals surface area contributed by atoms with Crippen LogP contribution in [-0.4, -0.2) is 29.2 Å². The Morgan fingerprint density at radius 3 is 2.55 bits per heavy atom. The van der Waals surface area contributed by atoms with E-state index in [0.717, 1.165) is 11.0 Å². The highest BCUT2D eigenvalue weighted by atomic mass is 35.5. The Morgan fingerprint density at radius 1 is 1.30 bits per heavy atom. The molecule has 2 rings (SSSR count). The molecule has 0 unspecified atom stereocenters. The summed E-state index contributed by atoms with van der Waals surface area (Å²) in [6.07, 6.45) is 0.304. The van der Waals surface area contributed by atoms with E-state index in [4.69, 9.17) is 11.6 Å². The van der Waals surface area contributed by atoms with Crippen molar-refractivity contribution in [1.29, 1.82) is 0 Å². The molecule has 0 bridgehead atoms. The lowest BCUT2D eigenvalue weighted by Gasteiger charge is -2.13. The number of nitrogens with one attached hydrogen (secondary N) is 1. The Labute approximate surface area is 119 Å². The lowest BCUT2D eigenvalue weighted by atomic mass is 10.3. The summed E-state index contributed by atoms with van der Waals surface area (Å²) in [7, 11) is 0. The zero-order chi connectivity index (χ0) is 14.7. The van der Waals surface area contributed by atoms with Crippen molar-refractivity contribution in [2.45, 2.75) is 19.3 Å². The summed E-state index contributed by atoms with van der Waals surface area (Å²) in [5.74, 6) is -1.67. The molecule has 5 nitrogen and oxygen atoms in total. The van der Waals surface area contributed by atoms with Crippen molar-refractivity contribution in [2.24, 2.45) is 0 Å². The van der Waals surface area contributed by atoms with Crippen molar-refractivity contribution < 1.29 is 18.8 Å². The molecule has 1 aromatic carbocycles. The standard InChI is InChI=1S/C13H12ClFN2O3/c14-8-1-2-10(9(15)7-8)16-11(18)5-6-17-12(19)3-4-13(17)20/h1-2,7H,3-6H2,(H,16,18). The minimum Gasteiger partial charge on any atom is -0.324 e. The number of nitrogens with zero attached hydrogens (tertiary/aromatic N) is 1. The molecule has 106 valence electrons. The molecule has 1 saturated heterocycles. The van der Waals surface area contributed by atoms with Crippen molar-refractivity contribution in [3.63, 3.8) is 0 Å². The van der Waals surface area contributed by atoms with Crippen LogP contribution in [0.2, 0.25) is 5.02 Å². The van der Waals surface area contributed by atoms with E-state index in [9.17, 15) is 18.8 Å². The van der Waals surface area contributed by atoms with Crippen LogP contribution in [0.4, 0.5) is 10.1 Å². The first-order chi connectivity index (χ1) is 9.47. The summed E-state index contributed by atoms with van der Waals surface area (Å²) in [5, 5.41) is 2.60. The number of hydrogen-bond donors (Lipinski definition) is 1. The van der Waals surface area contributed by atoms with Crippen molar-refractivity contribution in [3.8, 4) is 0 Å². The van der Waals surface area contributed by atoms with Gasteiger partial charge in [0.25, 0.3) is 0 Å². The highest BCUT2D eigenvalue weighted by molar-refractivity contribution is 6.30. The Kier molecular flexibility index (Phi) is 4.34. The summed E-state index contributed by atoms with van der Waals surface area (Å²) in [5.41, 5.74) is 0.0125. The number of halogens is 2. The molecule has 0 radical (unpaired) electrons. The van der Waals surface area contributed by atoms with Crippen molar-refractivity contribution in [3.05, 3.63) is 29.0 Å². The first-order valence-electron chi connectivity index (χ1n) is 6.05.